The summed E-state index contributed by atoms with van der Waals surface area (Å²) in [7, 11) is 5.58. The van der Waals surface area contributed by atoms with E-state index in [1.807, 2.05) is 31.3 Å². The molecule has 0 spiro atoms. The topological polar surface area (TPSA) is 107 Å². The molecule has 9 heteroatoms. The molecule has 4 heterocycles. The smallest absolute Gasteiger partial charge is 0.357 e. The van der Waals surface area contributed by atoms with Crippen molar-refractivity contribution in [2.24, 2.45) is 7.05 Å². The van der Waals surface area contributed by atoms with E-state index in [-0.39, 0.29) is 24.0 Å². The van der Waals surface area contributed by atoms with Crippen LogP contribution >= 0.6 is 0 Å². The highest BCUT2D eigenvalue weighted by atomic mass is 16.5. The van der Waals surface area contributed by atoms with Crippen LogP contribution in [0.1, 0.15) is 57.8 Å². The maximum atomic E-state index is 12.7. The molecular formula is C31H36N6O3. The number of hydrogen-bond donors (Lipinski definition) is 1. The molecule has 0 radical (unpaired) electrons. The number of amides is 1. The summed E-state index contributed by atoms with van der Waals surface area (Å²) < 4.78 is 7.38. The Balaban J connectivity index is 1.33. The van der Waals surface area contributed by atoms with Gasteiger partial charge in [0, 0.05) is 56.1 Å². The molecule has 1 aromatic carbocycles. The van der Waals surface area contributed by atoms with E-state index in [1.165, 1.54) is 5.56 Å². The number of nitrogens with two attached hydrogens (primary N) is 1. The van der Waals surface area contributed by atoms with E-state index >= 15 is 0 Å². The van der Waals surface area contributed by atoms with Gasteiger partial charge in [-0.25, -0.2) is 14.8 Å². The number of piperidine rings is 1. The number of carbonyl (C=O) groups excluding carboxylic acids is 2. The van der Waals surface area contributed by atoms with Crippen molar-refractivity contribution in [1.82, 2.24) is 24.3 Å². The first kappa shape index (κ1) is 27.3. The Bertz CT molecular complexity index is 1530. The number of carbonyl (C=O) groups is 2. The zero-order valence-electron chi connectivity index (χ0n) is 23.6. The minimum atomic E-state index is -0.493. The Kier molecular flexibility index (Phi) is 7.84. The van der Waals surface area contributed by atoms with Gasteiger partial charge in [0.05, 0.1) is 6.61 Å². The predicted octanol–water partition coefficient (Wildman–Crippen LogP) is 4.48. The lowest BCUT2D eigenvalue weighted by Crippen LogP contribution is -2.33. The third-order valence-corrected chi connectivity index (χ3v) is 7.71. The maximum Gasteiger partial charge on any atom is 0.357 e. The number of likely N-dealkylation sites (tertiary alicyclic amines) is 1. The molecule has 1 saturated heterocycles. The van der Waals surface area contributed by atoms with Crippen molar-refractivity contribution in [2.75, 3.05) is 39.5 Å². The summed E-state index contributed by atoms with van der Waals surface area (Å²) in [5, 5.41) is 0.958. The molecule has 1 fully saturated rings. The van der Waals surface area contributed by atoms with E-state index in [0.29, 0.717) is 11.5 Å². The minimum Gasteiger partial charge on any atom is -0.461 e. The van der Waals surface area contributed by atoms with Gasteiger partial charge in [-0.2, -0.15) is 0 Å². The lowest BCUT2D eigenvalue weighted by molar-refractivity contribution is 0.0520. The minimum absolute atomic E-state index is 0.0266. The molecule has 2 N–H and O–H groups in total. The fourth-order valence-electron chi connectivity index (χ4n) is 5.51. The summed E-state index contributed by atoms with van der Waals surface area (Å²) in [5.41, 5.74) is 11.7. The van der Waals surface area contributed by atoms with Crippen molar-refractivity contribution in [1.29, 1.82) is 0 Å². The highest BCUT2D eigenvalue weighted by molar-refractivity contribution is 6.02. The SMILES string of the molecule is CCOC(=O)c1nc(N)ccc1-c1ccnc2c1cc(CN1CCC(c3ccc(C(=O)N(C)C)cc3)CC1)n2C. The number of esters is 1. The summed E-state index contributed by atoms with van der Waals surface area (Å²) in [6.07, 6.45) is 3.89. The third-order valence-electron chi connectivity index (χ3n) is 7.71. The molecule has 3 aromatic heterocycles. The first-order valence-electron chi connectivity index (χ1n) is 13.7. The molecule has 0 atom stereocenters. The van der Waals surface area contributed by atoms with Crippen molar-refractivity contribution in [2.45, 2.75) is 32.2 Å². The van der Waals surface area contributed by atoms with E-state index in [4.69, 9.17) is 10.5 Å². The molecule has 0 unspecified atom stereocenters. The Morgan fingerprint density at radius 2 is 1.77 bits per heavy atom. The number of hydrogen-bond acceptors (Lipinski definition) is 7. The number of aryl methyl sites for hydroxylation is 1. The molecule has 1 amide bonds. The Hall–Kier alpha value is -4.24. The number of aromatic nitrogens is 3. The molecular weight excluding hydrogens is 504 g/mol. The fraction of sp³-hybridized carbons (Fsp3) is 0.355. The van der Waals surface area contributed by atoms with Gasteiger partial charge in [-0.3, -0.25) is 9.69 Å². The van der Waals surface area contributed by atoms with Gasteiger partial charge in [-0.05, 0) is 86.3 Å². The van der Waals surface area contributed by atoms with E-state index < -0.39 is 5.97 Å². The molecule has 0 bridgehead atoms. The molecule has 9 nitrogen and oxygen atoms in total. The zero-order valence-corrected chi connectivity index (χ0v) is 23.6. The quantitative estimate of drug-likeness (QED) is 0.345. The highest BCUT2D eigenvalue weighted by Gasteiger charge is 2.24. The Morgan fingerprint density at radius 1 is 1.05 bits per heavy atom. The van der Waals surface area contributed by atoms with Gasteiger partial charge in [-0.15, -0.1) is 0 Å². The zero-order chi connectivity index (χ0) is 28.4. The van der Waals surface area contributed by atoms with Crippen LogP contribution in [0, 0.1) is 0 Å². The molecule has 5 rings (SSSR count). The van der Waals surface area contributed by atoms with E-state index in [1.54, 1.807) is 38.2 Å². The lowest BCUT2D eigenvalue weighted by atomic mass is 9.89. The summed E-state index contributed by atoms with van der Waals surface area (Å²) in [6, 6.07) is 15.7. The van der Waals surface area contributed by atoms with E-state index in [0.717, 1.165) is 60.3 Å². The molecule has 0 aliphatic carbocycles. The van der Waals surface area contributed by atoms with E-state index in [9.17, 15) is 9.59 Å². The van der Waals surface area contributed by atoms with Gasteiger partial charge >= 0.3 is 5.97 Å². The maximum absolute atomic E-state index is 12.7. The number of ether oxygens (including phenoxy) is 1. The Labute approximate surface area is 234 Å². The summed E-state index contributed by atoms with van der Waals surface area (Å²) >= 11 is 0. The number of pyridine rings is 2. The fourth-order valence-corrected chi connectivity index (χ4v) is 5.51. The van der Waals surface area contributed by atoms with Crippen LogP contribution in [0.5, 0.6) is 0 Å². The van der Waals surface area contributed by atoms with Crippen LogP contribution in [0.15, 0.2) is 54.7 Å². The van der Waals surface area contributed by atoms with Gasteiger partial charge in [0.25, 0.3) is 5.91 Å². The monoisotopic (exact) mass is 540 g/mol. The van der Waals surface area contributed by atoms with Gasteiger partial charge in [0.1, 0.15) is 11.5 Å². The van der Waals surface area contributed by atoms with Crippen LogP contribution in [0.2, 0.25) is 0 Å². The van der Waals surface area contributed by atoms with Crippen molar-refractivity contribution in [3.8, 4) is 11.1 Å². The van der Waals surface area contributed by atoms with Crippen LogP contribution in [-0.2, 0) is 18.3 Å². The first-order chi connectivity index (χ1) is 19.3. The number of anilines is 1. The molecule has 208 valence electrons. The van der Waals surface area contributed by atoms with Crippen LogP contribution in [0.3, 0.4) is 0 Å². The average molecular weight is 541 g/mol. The van der Waals surface area contributed by atoms with Gasteiger partial charge in [0.15, 0.2) is 5.69 Å². The second-order valence-electron chi connectivity index (χ2n) is 10.5. The Morgan fingerprint density at radius 3 is 2.45 bits per heavy atom. The number of nitrogens with zero attached hydrogens (tertiary/aromatic N) is 5. The van der Waals surface area contributed by atoms with E-state index in [2.05, 4.69) is 37.6 Å². The number of fused-ring (bicyclic) bond motifs is 1. The van der Waals surface area contributed by atoms with Crippen molar-refractivity contribution < 1.29 is 14.3 Å². The summed E-state index contributed by atoms with van der Waals surface area (Å²) in [5.74, 6) is 0.290. The largest absolute Gasteiger partial charge is 0.461 e. The van der Waals surface area contributed by atoms with Crippen LogP contribution < -0.4 is 5.73 Å². The molecule has 40 heavy (non-hydrogen) atoms. The number of nitrogen functional groups attached to an aromatic ring is 1. The highest BCUT2D eigenvalue weighted by Crippen LogP contribution is 2.34. The van der Waals surface area contributed by atoms with Crippen molar-refractivity contribution in [3.05, 3.63) is 77.2 Å². The molecule has 1 aliphatic rings. The first-order valence-corrected chi connectivity index (χ1v) is 13.7. The number of rotatable bonds is 7. The normalized spacial score (nSPS) is 14.4. The van der Waals surface area contributed by atoms with Crippen LogP contribution in [0.4, 0.5) is 5.82 Å². The molecule has 0 saturated carbocycles. The molecule has 1 aliphatic heterocycles. The standard InChI is InChI=1S/C31H36N6O3/c1-5-40-31(39)28-25(10-11-27(32)34-28)24-12-15-33-29-26(24)18-23(36(29)4)19-37-16-13-21(14-17-37)20-6-8-22(9-7-20)30(38)35(2)3/h6-12,15,18,21H,5,13-14,16-17,19H2,1-4H3,(H2,32,34). The number of benzene rings is 1. The average Bonchev–Trinajstić information content (AvgIpc) is 3.28. The van der Waals surface area contributed by atoms with Gasteiger partial charge in [0.2, 0.25) is 0 Å². The van der Waals surface area contributed by atoms with Gasteiger partial charge < -0.3 is 19.9 Å². The van der Waals surface area contributed by atoms with Crippen molar-refractivity contribution >= 4 is 28.7 Å². The lowest BCUT2D eigenvalue weighted by Gasteiger charge is -2.32. The summed E-state index contributed by atoms with van der Waals surface area (Å²) in [4.78, 5) is 37.9. The third kappa shape index (κ3) is 5.42. The second-order valence-corrected chi connectivity index (χ2v) is 10.5. The summed E-state index contributed by atoms with van der Waals surface area (Å²) in [6.45, 7) is 4.80. The van der Waals surface area contributed by atoms with Gasteiger partial charge in [-0.1, -0.05) is 12.1 Å². The van der Waals surface area contributed by atoms with Crippen molar-refractivity contribution in [3.63, 3.8) is 0 Å². The second kappa shape index (κ2) is 11.5. The molecule has 4 aromatic rings. The predicted molar refractivity (Wildman–Crippen MR) is 156 cm³/mol. The van der Waals surface area contributed by atoms with Crippen LogP contribution in [-0.4, -0.2) is 70.0 Å². The van der Waals surface area contributed by atoms with Crippen LogP contribution in [0.25, 0.3) is 22.2 Å².